The quantitative estimate of drug-likeness (QED) is 0.614. The summed E-state index contributed by atoms with van der Waals surface area (Å²) in [5.41, 5.74) is 0.173. The SMILES string of the molecule is CCC(OC(=O)c1ccccc1C(=O)OC(CC)C(C)(C)C)C(C)(C)C. The molecule has 0 spiro atoms. The number of carbonyl (C=O) groups excluding carboxylic acids is 2. The third-order valence-electron chi connectivity index (χ3n) is 4.54. The second-order valence-electron chi connectivity index (χ2n) is 8.88. The van der Waals surface area contributed by atoms with Crippen molar-refractivity contribution in [2.45, 2.75) is 80.4 Å². The van der Waals surface area contributed by atoms with E-state index in [2.05, 4.69) is 0 Å². The van der Waals surface area contributed by atoms with Gasteiger partial charge in [-0.15, -0.1) is 0 Å². The minimum Gasteiger partial charge on any atom is -0.458 e. The van der Waals surface area contributed by atoms with Crippen LogP contribution >= 0.6 is 0 Å². The van der Waals surface area contributed by atoms with Gasteiger partial charge in [0.2, 0.25) is 0 Å². The summed E-state index contributed by atoms with van der Waals surface area (Å²) in [6.45, 7) is 16.2. The molecule has 4 heteroatoms. The summed E-state index contributed by atoms with van der Waals surface area (Å²) in [5, 5.41) is 0. The van der Waals surface area contributed by atoms with Gasteiger partial charge in [-0.1, -0.05) is 67.5 Å². The maximum Gasteiger partial charge on any atom is 0.339 e. The molecule has 1 aromatic rings. The molecule has 0 aliphatic rings. The zero-order valence-electron chi connectivity index (χ0n) is 17.5. The third kappa shape index (κ3) is 5.86. The minimum absolute atomic E-state index is 0.167. The maximum absolute atomic E-state index is 12.7. The molecule has 0 amide bonds. The first-order chi connectivity index (χ1) is 11.9. The highest BCUT2D eigenvalue weighted by Crippen LogP contribution is 2.28. The number of benzene rings is 1. The number of carbonyl (C=O) groups is 2. The van der Waals surface area contributed by atoms with Crippen LogP contribution in [0.2, 0.25) is 0 Å². The summed E-state index contributed by atoms with van der Waals surface area (Å²) < 4.78 is 11.4. The third-order valence-corrected chi connectivity index (χ3v) is 4.54. The van der Waals surface area contributed by atoms with Gasteiger partial charge in [-0.2, -0.15) is 0 Å². The minimum atomic E-state index is -0.483. The molecular formula is C22H34O4. The van der Waals surface area contributed by atoms with Gasteiger partial charge in [0, 0.05) is 0 Å². The molecule has 0 aliphatic heterocycles. The van der Waals surface area contributed by atoms with Crippen molar-refractivity contribution in [2.24, 2.45) is 10.8 Å². The summed E-state index contributed by atoms with van der Waals surface area (Å²) in [4.78, 5) is 25.4. The van der Waals surface area contributed by atoms with Gasteiger partial charge in [-0.25, -0.2) is 9.59 Å². The second-order valence-corrected chi connectivity index (χ2v) is 8.88. The molecule has 2 atom stereocenters. The molecule has 4 nitrogen and oxygen atoms in total. The fourth-order valence-corrected chi connectivity index (χ4v) is 2.97. The zero-order chi connectivity index (χ0) is 20.1. The van der Waals surface area contributed by atoms with Gasteiger partial charge in [0.1, 0.15) is 12.2 Å². The molecule has 26 heavy (non-hydrogen) atoms. The van der Waals surface area contributed by atoms with Crippen LogP contribution in [0.3, 0.4) is 0 Å². The molecular weight excluding hydrogens is 328 g/mol. The van der Waals surface area contributed by atoms with Gasteiger partial charge in [0.05, 0.1) is 11.1 Å². The topological polar surface area (TPSA) is 52.6 Å². The molecule has 0 fully saturated rings. The lowest BCUT2D eigenvalue weighted by atomic mass is 9.87. The first-order valence-corrected chi connectivity index (χ1v) is 9.42. The van der Waals surface area contributed by atoms with Gasteiger partial charge in [-0.05, 0) is 35.8 Å². The lowest BCUT2D eigenvalue weighted by Crippen LogP contribution is -2.33. The average Bonchev–Trinajstić information content (AvgIpc) is 2.54. The highest BCUT2D eigenvalue weighted by atomic mass is 16.6. The normalized spacial score (nSPS) is 14.5. The molecule has 1 rings (SSSR count). The number of hydrogen-bond acceptors (Lipinski definition) is 4. The van der Waals surface area contributed by atoms with E-state index in [1.165, 1.54) is 0 Å². The van der Waals surface area contributed by atoms with E-state index in [9.17, 15) is 9.59 Å². The Morgan fingerprint density at radius 2 is 1.08 bits per heavy atom. The van der Waals surface area contributed by atoms with E-state index >= 15 is 0 Å². The Bertz CT molecular complexity index is 565. The predicted octanol–water partition coefficient (Wildman–Crippen LogP) is 5.65. The largest absolute Gasteiger partial charge is 0.458 e. The van der Waals surface area contributed by atoms with E-state index in [0.717, 1.165) is 0 Å². The molecule has 0 aromatic heterocycles. The van der Waals surface area contributed by atoms with Crippen molar-refractivity contribution < 1.29 is 19.1 Å². The van der Waals surface area contributed by atoms with Crippen molar-refractivity contribution in [1.29, 1.82) is 0 Å². The lowest BCUT2D eigenvalue weighted by molar-refractivity contribution is -0.00792. The van der Waals surface area contributed by atoms with Gasteiger partial charge in [0.15, 0.2) is 0 Å². The fraction of sp³-hybridized carbons (Fsp3) is 0.636. The first-order valence-electron chi connectivity index (χ1n) is 9.42. The van der Waals surface area contributed by atoms with Gasteiger partial charge in [-0.3, -0.25) is 0 Å². The van der Waals surface area contributed by atoms with Crippen LogP contribution < -0.4 is 0 Å². The van der Waals surface area contributed by atoms with E-state index in [4.69, 9.17) is 9.47 Å². The summed E-state index contributed by atoms with van der Waals surface area (Å²) >= 11 is 0. The van der Waals surface area contributed by atoms with Crippen LogP contribution in [-0.2, 0) is 9.47 Å². The van der Waals surface area contributed by atoms with E-state index in [0.29, 0.717) is 12.8 Å². The van der Waals surface area contributed by atoms with Crippen LogP contribution in [0.4, 0.5) is 0 Å². The van der Waals surface area contributed by atoms with E-state index in [1.807, 2.05) is 55.4 Å². The molecule has 0 bridgehead atoms. The van der Waals surface area contributed by atoms with Gasteiger partial charge in [0.25, 0.3) is 0 Å². The van der Waals surface area contributed by atoms with Gasteiger partial charge < -0.3 is 9.47 Å². The number of hydrogen-bond donors (Lipinski definition) is 0. The van der Waals surface area contributed by atoms with Crippen LogP contribution in [0.1, 0.15) is 88.9 Å². The predicted molar refractivity (Wildman–Crippen MR) is 104 cm³/mol. The number of rotatable bonds is 6. The average molecular weight is 363 g/mol. The molecule has 0 saturated heterocycles. The van der Waals surface area contributed by atoms with Crippen LogP contribution in [0.5, 0.6) is 0 Å². The van der Waals surface area contributed by atoms with Crippen LogP contribution in [0, 0.1) is 10.8 Å². The van der Waals surface area contributed by atoms with Crippen LogP contribution in [0.25, 0.3) is 0 Å². The van der Waals surface area contributed by atoms with Crippen molar-refractivity contribution in [1.82, 2.24) is 0 Å². The lowest BCUT2D eigenvalue weighted by Gasteiger charge is -2.30. The van der Waals surface area contributed by atoms with E-state index in [1.54, 1.807) is 24.3 Å². The monoisotopic (exact) mass is 362 g/mol. The number of esters is 2. The van der Waals surface area contributed by atoms with Crippen molar-refractivity contribution in [3.05, 3.63) is 35.4 Å². The fourth-order valence-electron chi connectivity index (χ4n) is 2.97. The standard InChI is InChI=1S/C22H34O4/c1-9-17(21(3,4)5)25-19(23)15-13-11-12-14-16(15)20(24)26-18(10-2)22(6,7)8/h11-14,17-18H,9-10H2,1-8H3. The highest BCUT2D eigenvalue weighted by Gasteiger charge is 2.31. The maximum atomic E-state index is 12.7. The second kappa shape index (κ2) is 8.70. The molecule has 0 saturated carbocycles. The smallest absolute Gasteiger partial charge is 0.339 e. The van der Waals surface area contributed by atoms with Crippen molar-refractivity contribution in [2.75, 3.05) is 0 Å². The molecule has 146 valence electrons. The first kappa shape index (κ1) is 22.2. The van der Waals surface area contributed by atoms with Gasteiger partial charge >= 0.3 is 11.9 Å². The Morgan fingerprint density at radius 1 is 0.769 bits per heavy atom. The molecule has 0 heterocycles. The Hall–Kier alpha value is -1.84. The Labute approximate surface area is 158 Å². The van der Waals surface area contributed by atoms with Crippen molar-refractivity contribution in [3.63, 3.8) is 0 Å². The Morgan fingerprint density at radius 3 is 1.31 bits per heavy atom. The summed E-state index contributed by atoms with van der Waals surface area (Å²) in [5.74, 6) is -0.966. The summed E-state index contributed by atoms with van der Waals surface area (Å²) in [7, 11) is 0. The van der Waals surface area contributed by atoms with Crippen molar-refractivity contribution in [3.8, 4) is 0 Å². The van der Waals surface area contributed by atoms with Crippen LogP contribution in [0.15, 0.2) is 24.3 Å². The highest BCUT2D eigenvalue weighted by molar-refractivity contribution is 6.03. The molecule has 1 aromatic carbocycles. The summed E-state index contributed by atoms with van der Waals surface area (Å²) in [6.07, 6.45) is 0.974. The van der Waals surface area contributed by atoms with E-state index in [-0.39, 0.29) is 34.2 Å². The van der Waals surface area contributed by atoms with Crippen molar-refractivity contribution >= 4 is 11.9 Å². The molecule has 2 unspecified atom stereocenters. The Kier molecular flexibility index (Phi) is 7.43. The number of ether oxygens (including phenoxy) is 2. The summed E-state index contributed by atoms with van der Waals surface area (Å²) in [6, 6.07) is 6.69. The molecule has 0 aliphatic carbocycles. The molecule has 0 N–H and O–H groups in total. The Balaban J connectivity index is 3.07. The van der Waals surface area contributed by atoms with E-state index < -0.39 is 11.9 Å². The van der Waals surface area contributed by atoms with Crippen LogP contribution in [-0.4, -0.2) is 24.1 Å². The zero-order valence-corrected chi connectivity index (χ0v) is 17.5. The molecule has 0 radical (unpaired) electrons.